The molecule has 6 aliphatic rings. The molecule has 2 spiro atoms. The number of hydrogen-bond donors (Lipinski definition) is 2. The minimum absolute atomic E-state index is 0.00863. The van der Waals surface area contributed by atoms with E-state index in [1.54, 1.807) is 17.9 Å². The number of hydrogen-bond acceptors (Lipinski definition) is 8. The van der Waals surface area contributed by atoms with Crippen LogP contribution in [0.5, 0.6) is 0 Å². The molecule has 6 fully saturated rings. The first kappa shape index (κ1) is 44.9. The van der Waals surface area contributed by atoms with Gasteiger partial charge in [0.15, 0.2) is 11.6 Å². The molecule has 2 saturated heterocycles. The summed E-state index contributed by atoms with van der Waals surface area (Å²) in [5.41, 5.74) is -2.25. The molecule has 4 saturated carbocycles. The Bertz CT molecular complexity index is 1750. The van der Waals surface area contributed by atoms with Gasteiger partial charge < -0.3 is 10.2 Å². The highest BCUT2D eigenvalue weighted by Crippen LogP contribution is 2.88. The zero-order valence-electron chi connectivity index (χ0n) is 36.8. The van der Waals surface area contributed by atoms with Crippen LogP contribution in [-0.4, -0.2) is 103 Å². The summed E-state index contributed by atoms with van der Waals surface area (Å²) in [7, 11) is -2.72. The van der Waals surface area contributed by atoms with Crippen LogP contribution in [0.25, 0.3) is 0 Å². The molecule has 13 heteroatoms. The van der Waals surface area contributed by atoms with E-state index in [-0.39, 0.29) is 76.9 Å². The van der Waals surface area contributed by atoms with E-state index < -0.39 is 44.9 Å². The molecule has 58 heavy (non-hydrogen) atoms. The summed E-state index contributed by atoms with van der Waals surface area (Å²) in [6.45, 7) is 20.3. The van der Waals surface area contributed by atoms with Crippen LogP contribution in [-0.2, 0) is 34.2 Å². The predicted octanol–water partition coefficient (Wildman–Crippen LogP) is 5.81. The molecule has 326 valence electrons. The first-order chi connectivity index (χ1) is 27.2. The van der Waals surface area contributed by atoms with Crippen molar-refractivity contribution < 1.29 is 32.4 Å². The average Bonchev–Trinajstić information content (AvgIpc) is 3.89. The van der Waals surface area contributed by atoms with Crippen molar-refractivity contribution in [3.05, 3.63) is 12.7 Å². The van der Waals surface area contributed by atoms with E-state index in [0.29, 0.717) is 19.4 Å². The minimum atomic E-state index is -4.11. The summed E-state index contributed by atoms with van der Waals surface area (Å²) in [4.78, 5) is 76.6. The largest absolute Gasteiger partial charge is 0.345 e. The zero-order valence-corrected chi connectivity index (χ0v) is 37.6. The van der Waals surface area contributed by atoms with Crippen LogP contribution in [0.3, 0.4) is 0 Å². The fourth-order valence-electron chi connectivity index (χ4n) is 12.3. The lowest BCUT2D eigenvalue weighted by molar-refractivity contribution is -0.147. The maximum Gasteiger partial charge on any atom is 0.303 e. The van der Waals surface area contributed by atoms with E-state index in [1.165, 1.54) is 7.05 Å². The number of carbonyl (C=O) groups is 5. The second-order valence-corrected chi connectivity index (χ2v) is 22.4. The highest BCUT2D eigenvalue weighted by Gasteiger charge is 2.85. The van der Waals surface area contributed by atoms with Crippen LogP contribution in [0.2, 0.25) is 0 Å². The van der Waals surface area contributed by atoms with Crippen LogP contribution >= 0.6 is 0 Å². The van der Waals surface area contributed by atoms with Crippen molar-refractivity contribution in [1.82, 2.24) is 24.1 Å². The molecule has 2 N–H and O–H groups in total. The number of carbonyl (C=O) groups excluding carboxylic acids is 5. The number of likely N-dealkylation sites (N-methyl/N-ethyl adjacent to an activating group) is 1. The number of Topliss-reactive ketones (excluding diaryl/α,β-unsaturated/α-hetero) is 2. The number of likely N-dealkylation sites (tertiary alicyclic amines) is 2. The fraction of sp³-hybridized carbons (Fsp3) is 0.844. The third-order valence-electron chi connectivity index (χ3n) is 16.7. The molecule has 7 atom stereocenters. The maximum absolute atomic E-state index is 15.3. The highest BCUT2D eigenvalue weighted by atomic mass is 32.2. The van der Waals surface area contributed by atoms with Crippen molar-refractivity contribution in [2.45, 2.75) is 163 Å². The minimum Gasteiger partial charge on any atom is -0.345 e. The van der Waals surface area contributed by atoms with Crippen molar-refractivity contribution in [3.63, 3.8) is 0 Å². The molecule has 0 unspecified atom stereocenters. The van der Waals surface area contributed by atoms with Gasteiger partial charge in [0.2, 0.25) is 17.7 Å². The van der Waals surface area contributed by atoms with Gasteiger partial charge in [-0.05, 0) is 92.5 Å². The molecule has 0 aromatic heterocycles. The molecule has 0 aromatic carbocycles. The third kappa shape index (κ3) is 7.64. The number of allylic oxidation sites excluding steroid dienone is 1. The Balaban J connectivity index is 1.28. The molecule has 6 rings (SSSR count). The number of amides is 3. The van der Waals surface area contributed by atoms with E-state index in [2.05, 4.69) is 42.3 Å². The van der Waals surface area contributed by atoms with Crippen molar-refractivity contribution in [1.29, 1.82) is 0 Å². The first-order valence-corrected chi connectivity index (χ1v) is 23.9. The molecule has 0 radical (unpaired) electrons. The number of rotatable bonds is 16. The van der Waals surface area contributed by atoms with E-state index in [0.717, 1.165) is 88.0 Å². The number of piperidine rings is 1. The van der Waals surface area contributed by atoms with Crippen molar-refractivity contribution in [2.75, 3.05) is 33.2 Å². The molecular weight excluding hydrogens is 755 g/mol. The van der Waals surface area contributed by atoms with E-state index >= 15 is 4.79 Å². The first-order valence-electron chi connectivity index (χ1n) is 22.5. The van der Waals surface area contributed by atoms with Crippen LogP contribution in [0.1, 0.15) is 145 Å². The van der Waals surface area contributed by atoms with Gasteiger partial charge in [-0.25, -0.2) is 4.72 Å². The van der Waals surface area contributed by atoms with Crippen molar-refractivity contribution in [2.24, 2.45) is 44.8 Å². The molecule has 4 aliphatic carbocycles. The van der Waals surface area contributed by atoms with Gasteiger partial charge in [-0.1, -0.05) is 86.6 Å². The SMILES string of the molecule is C=C[C@@H]1C[C@]1(CC(=O)[C@@H]1C[C@@]2(CN1C(=O)[C@@H](CC(=O)[C@@H](NC(=O)[C@@H]1CCCCN1CC)C1CCCCC1)C(C)(C)C)C(C)(C)C21CCC1)C(=O)NS(=O)(=O)N(C)CC. The molecule has 3 amide bonds. The Morgan fingerprint density at radius 3 is 2.10 bits per heavy atom. The van der Waals surface area contributed by atoms with Gasteiger partial charge >= 0.3 is 10.2 Å². The summed E-state index contributed by atoms with van der Waals surface area (Å²) in [5, 5.41) is 3.25. The van der Waals surface area contributed by atoms with Crippen LogP contribution in [0.4, 0.5) is 0 Å². The van der Waals surface area contributed by atoms with Crippen LogP contribution in [0.15, 0.2) is 12.7 Å². The number of fused-ring (bicyclic) bond motifs is 1. The van der Waals surface area contributed by atoms with Gasteiger partial charge in [0.1, 0.15) is 0 Å². The third-order valence-corrected chi connectivity index (χ3v) is 18.3. The zero-order chi connectivity index (χ0) is 42.6. The molecule has 2 aliphatic heterocycles. The highest BCUT2D eigenvalue weighted by molar-refractivity contribution is 7.87. The van der Waals surface area contributed by atoms with Crippen LogP contribution in [0, 0.1) is 44.8 Å². The van der Waals surface area contributed by atoms with Crippen LogP contribution < -0.4 is 10.0 Å². The summed E-state index contributed by atoms with van der Waals surface area (Å²) in [6.07, 6.45) is 12.9. The molecule has 0 bridgehead atoms. The summed E-state index contributed by atoms with van der Waals surface area (Å²) < 4.78 is 29.2. The fourth-order valence-corrected chi connectivity index (χ4v) is 13.3. The van der Waals surface area contributed by atoms with E-state index in [9.17, 15) is 27.6 Å². The lowest BCUT2D eigenvalue weighted by Gasteiger charge is -2.38. The Morgan fingerprint density at radius 2 is 1.57 bits per heavy atom. The van der Waals surface area contributed by atoms with Crippen molar-refractivity contribution >= 4 is 39.5 Å². The average molecular weight is 828 g/mol. The normalized spacial score (nSPS) is 31.7. The molecule has 0 aromatic rings. The van der Waals surface area contributed by atoms with Gasteiger partial charge in [-0.15, -0.1) is 6.58 Å². The Labute approximate surface area is 348 Å². The van der Waals surface area contributed by atoms with Crippen molar-refractivity contribution in [3.8, 4) is 0 Å². The predicted molar refractivity (Wildman–Crippen MR) is 224 cm³/mol. The van der Waals surface area contributed by atoms with Gasteiger partial charge in [-0.2, -0.15) is 12.7 Å². The summed E-state index contributed by atoms with van der Waals surface area (Å²) >= 11 is 0. The van der Waals surface area contributed by atoms with E-state index in [1.807, 2.05) is 20.8 Å². The van der Waals surface area contributed by atoms with Gasteiger partial charge in [-0.3, -0.25) is 28.9 Å². The Hall–Kier alpha value is -2.64. The van der Waals surface area contributed by atoms with E-state index in [4.69, 9.17) is 0 Å². The number of nitrogens with one attached hydrogen (secondary N) is 2. The number of ketones is 2. The molecule has 12 nitrogen and oxygen atoms in total. The summed E-state index contributed by atoms with van der Waals surface area (Å²) in [6, 6.07) is -1.75. The monoisotopic (exact) mass is 828 g/mol. The molecule has 2 heterocycles. The van der Waals surface area contributed by atoms with Gasteiger partial charge in [0.05, 0.1) is 23.5 Å². The lowest BCUT2D eigenvalue weighted by Crippen LogP contribution is -2.56. The second kappa shape index (κ2) is 16.3. The quantitative estimate of drug-likeness (QED) is 0.185. The summed E-state index contributed by atoms with van der Waals surface area (Å²) in [5.74, 6) is -2.52. The van der Waals surface area contributed by atoms with Gasteiger partial charge in [0.25, 0.3) is 0 Å². The molecular formula is C45H73N5O7S. The topological polar surface area (TPSA) is 153 Å². The van der Waals surface area contributed by atoms with Gasteiger partial charge in [0, 0.05) is 44.3 Å². The lowest BCUT2D eigenvalue weighted by atomic mass is 9.73. The standard InChI is InChI=1S/C45H73N5O7S/c1-10-31-26-43(31,40(55)47-58(56,57)48(9)11-2)28-36(52)34-27-45(42(7,8)44(45)22-18-23-44)29-50(34)39(54)32(41(4,5)6)25-35(51)37(30-19-14-13-15-20-30)46-38(53)33-21-16-17-24-49(33)12-3/h10,30-34,37H,1,11-29H2,2-9H3,(H,46,53)(H,47,55)/t31-,32-,33+,34+,37+,43-,45-/m1/s1. The Kier molecular flexibility index (Phi) is 12.6. The Morgan fingerprint density at radius 1 is 0.914 bits per heavy atom. The number of nitrogens with zero attached hydrogens (tertiary/aromatic N) is 3. The smallest absolute Gasteiger partial charge is 0.303 e. The second-order valence-electron chi connectivity index (χ2n) is 20.6. The maximum atomic E-state index is 15.3.